The van der Waals surface area contributed by atoms with E-state index >= 15 is 0 Å². The number of rotatable bonds is 8. The fourth-order valence-corrected chi connectivity index (χ4v) is 5.60. The van der Waals surface area contributed by atoms with Gasteiger partial charge in [0.25, 0.3) is 0 Å². The Morgan fingerprint density at radius 1 is 1.47 bits per heavy atom. The highest BCUT2D eigenvalue weighted by Gasteiger charge is 2.35. The van der Waals surface area contributed by atoms with Crippen LogP contribution < -0.4 is 10.1 Å². The normalized spacial score (nSPS) is 17.6. The SMILES string of the molecule is COc1ccc(F)cc1S(=O)(=O)N1CCC[C@H](C(=O)NCCSc2n[nH]c(C)n2)C1. The second kappa shape index (κ2) is 9.75. The molecule has 1 fully saturated rings. The summed E-state index contributed by atoms with van der Waals surface area (Å²) in [6, 6.07) is 3.37. The van der Waals surface area contributed by atoms with E-state index in [1.54, 1.807) is 6.92 Å². The van der Waals surface area contributed by atoms with Crippen molar-refractivity contribution in [3.63, 3.8) is 0 Å². The van der Waals surface area contributed by atoms with Gasteiger partial charge in [-0.25, -0.2) is 17.8 Å². The standard InChI is InChI=1S/C18H24FN5O4S2/c1-12-21-18(23-22-12)29-9-7-20-17(25)13-4-3-8-24(11-13)30(26,27)16-10-14(19)5-6-15(16)28-2/h5-6,10,13H,3-4,7-9,11H2,1-2H3,(H,20,25)(H,21,22,23)/t13-/m0/s1. The van der Waals surface area contributed by atoms with E-state index in [-0.39, 0.29) is 29.6 Å². The van der Waals surface area contributed by atoms with Crippen LogP contribution in [0.5, 0.6) is 5.75 Å². The number of hydrogen-bond donors (Lipinski definition) is 2. The maximum Gasteiger partial charge on any atom is 0.246 e. The molecule has 0 bridgehead atoms. The second-order valence-electron chi connectivity index (χ2n) is 6.84. The molecule has 2 heterocycles. The summed E-state index contributed by atoms with van der Waals surface area (Å²) in [6.07, 6.45) is 1.13. The average molecular weight is 458 g/mol. The Bertz CT molecular complexity index is 998. The van der Waals surface area contributed by atoms with Crippen molar-refractivity contribution in [1.29, 1.82) is 0 Å². The van der Waals surface area contributed by atoms with Gasteiger partial charge in [-0.05, 0) is 38.0 Å². The molecule has 3 rings (SSSR count). The number of halogens is 1. The van der Waals surface area contributed by atoms with Gasteiger partial charge < -0.3 is 10.1 Å². The first-order chi connectivity index (χ1) is 14.3. The van der Waals surface area contributed by atoms with Crippen molar-refractivity contribution in [1.82, 2.24) is 24.8 Å². The van der Waals surface area contributed by atoms with E-state index in [2.05, 4.69) is 20.5 Å². The molecule has 1 saturated heterocycles. The summed E-state index contributed by atoms with van der Waals surface area (Å²) in [4.78, 5) is 16.5. The highest BCUT2D eigenvalue weighted by Crippen LogP contribution is 2.30. The Labute approximate surface area is 178 Å². The Kier molecular flexibility index (Phi) is 7.32. The quantitative estimate of drug-likeness (QED) is 0.456. The molecule has 0 unspecified atom stereocenters. The molecule has 0 saturated carbocycles. The smallest absolute Gasteiger partial charge is 0.246 e. The van der Waals surface area contributed by atoms with Gasteiger partial charge in [0.1, 0.15) is 22.3 Å². The van der Waals surface area contributed by atoms with Gasteiger partial charge in [0, 0.05) is 25.4 Å². The third kappa shape index (κ3) is 5.29. The molecule has 2 aromatic rings. The van der Waals surface area contributed by atoms with Crippen LogP contribution in [0.2, 0.25) is 0 Å². The minimum atomic E-state index is -3.99. The van der Waals surface area contributed by atoms with Crippen molar-refractivity contribution < 1.29 is 22.3 Å². The predicted molar refractivity (Wildman–Crippen MR) is 109 cm³/mol. The van der Waals surface area contributed by atoms with Crippen LogP contribution in [-0.4, -0.2) is 66.3 Å². The molecular formula is C18H24FN5O4S2. The maximum absolute atomic E-state index is 13.7. The van der Waals surface area contributed by atoms with Gasteiger partial charge in [0.2, 0.25) is 21.1 Å². The van der Waals surface area contributed by atoms with E-state index in [0.29, 0.717) is 30.3 Å². The van der Waals surface area contributed by atoms with Gasteiger partial charge in [0.15, 0.2) is 0 Å². The summed E-state index contributed by atoms with van der Waals surface area (Å²) in [5, 5.41) is 10.2. The summed E-state index contributed by atoms with van der Waals surface area (Å²) < 4.78 is 46.0. The lowest BCUT2D eigenvalue weighted by atomic mass is 9.99. The van der Waals surface area contributed by atoms with Gasteiger partial charge in [-0.1, -0.05) is 11.8 Å². The van der Waals surface area contributed by atoms with Crippen LogP contribution in [0, 0.1) is 18.7 Å². The minimum Gasteiger partial charge on any atom is -0.495 e. The van der Waals surface area contributed by atoms with Crippen molar-refractivity contribution in [2.75, 3.05) is 32.5 Å². The number of carbonyl (C=O) groups is 1. The van der Waals surface area contributed by atoms with Gasteiger partial charge in [-0.3, -0.25) is 9.89 Å². The van der Waals surface area contributed by atoms with Gasteiger partial charge in [0.05, 0.1) is 13.0 Å². The zero-order chi connectivity index (χ0) is 21.7. The van der Waals surface area contributed by atoms with Crippen LogP contribution >= 0.6 is 11.8 Å². The van der Waals surface area contributed by atoms with E-state index < -0.39 is 21.8 Å². The number of thioether (sulfide) groups is 1. The van der Waals surface area contributed by atoms with Crippen LogP contribution in [0.4, 0.5) is 4.39 Å². The molecule has 30 heavy (non-hydrogen) atoms. The number of nitrogens with zero attached hydrogens (tertiary/aromatic N) is 3. The molecule has 12 heteroatoms. The van der Waals surface area contributed by atoms with Crippen LogP contribution in [0.15, 0.2) is 28.3 Å². The monoisotopic (exact) mass is 457 g/mol. The summed E-state index contributed by atoms with van der Waals surface area (Å²) in [7, 11) is -2.66. The van der Waals surface area contributed by atoms with Crippen molar-refractivity contribution >= 4 is 27.7 Å². The zero-order valence-electron chi connectivity index (χ0n) is 16.7. The van der Waals surface area contributed by atoms with Crippen LogP contribution in [0.1, 0.15) is 18.7 Å². The largest absolute Gasteiger partial charge is 0.495 e. The fourth-order valence-electron chi connectivity index (χ4n) is 3.21. The molecule has 0 radical (unpaired) electrons. The topological polar surface area (TPSA) is 117 Å². The molecule has 1 atom stereocenters. The van der Waals surface area contributed by atoms with E-state index in [1.165, 1.54) is 29.2 Å². The summed E-state index contributed by atoms with van der Waals surface area (Å²) >= 11 is 1.41. The van der Waals surface area contributed by atoms with Gasteiger partial charge in [-0.2, -0.15) is 4.31 Å². The number of methoxy groups -OCH3 is 1. The molecule has 9 nitrogen and oxygen atoms in total. The number of H-pyrrole nitrogens is 1. The number of piperidine rings is 1. The Morgan fingerprint density at radius 2 is 2.27 bits per heavy atom. The lowest BCUT2D eigenvalue weighted by Crippen LogP contribution is -2.45. The zero-order valence-corrected chi connectivity index (χ0v) is 18.4. The number of aromatic nitrogens is 3. The Hall–Kier alpha value is -2.18. The Morgan fingerprint density at radius 3 is 2.97 bits per heavy atom. The first-order valence-corrected chi connectivity index (χ1v) is 11.9. The number of benzene rings is 1. The summed E-state index contributed by atoms with van der Waals surface area (Å²) in [5.41, 5.74) is 0. The van der Waals surface area contributed by atoms with E-state index in [4.69, 9.17) is 4.74 Å². The van der Waals surface area contributed by atoms with Gasteiger partial charge >= 0.3 is 0 Å². The third-order valence-electron chi connectivity index (χ3n) is 4.71. The molecule has 1 aliphatic heterocycles. The molecular weight excluding hydrogens is 433 g/mol. The molecule has 1 amide bonds. The number of aromatic amines is 1. The fraction of sp³-hybridized carbons (Fsp3) is 0.500. The molecule has 0 aliphatic carbocycles. The van der Waals surface area contributed by atoms with E-state index in [1.807, 2.05) is 0 Å². The number of aryl methyl sites for hydroxylation is 1. The minimum absolute atomic E-state index is 0.0428. The lowest BCUT2D eigenvalue weighted by Gasteiger charge is -2.31. The molecule has 0 spiro atoms. The van der Waals surface area contributed by atoms with Crippen molar-refractivity contribution in [2.24, 2.45) is 5.92 Å². The van der Waals surface area contributed by atoms with Crippen molar-refractivity contribution in [3.05, 3.63) is 29.8 Å². The summed E-state index contributed by atoms with van der Waals surface area (Å²) in [6.45, 7) is 2.53. The van der Waals surface area contributed by atoms with Crippen molar-refractivity contribution in [3.8, 4) is 5.75 Å². The number of ether oxygens (including phenoxy) is 1. The molecule has 164 valence electrons. The second-order valence-corrected chi connectivity index (χ2v) is 9.81. The first-order valence-electron chi connectivity index (χ1n) is 9.44. The van der Waals surface area contributed by atoms with Crippen LogP contribution in [-0.2, 0) is 14.8 Å². The van der Waals surface area contributed by atoms with Crippen LogP contribution in [0.25, 0.3) is 0 Å². The molecule has 1 aliphatic rings. The molecule has 1 aromatic heterocycles. The highest BCUT2D eigenvalue weighted by molar-refractivity contribution is 7.99. The van der Waals surface area contributed by atoms with Crippen molar-refractivity contribution in [2.45, 2.75) is 29.8 Å². The number of sulfonamides is 1. The molecule has 1 aromatic carbocycles. The first kappa shape index (κ1) is 22.5. The number of carbonyl (C=O) groups excluding carboxylic acids is 1. The third-order valence-corrected chi connectivity index (χ3v) is 7.44. The lowest BCUT2D eigenvalue weighted by molar-refractivity contribution is -0.125. The predicted octanol–water partition coefficient (Wildman–Crippen LogP) is 1.57. The van der Waals surface area contributed by atoms with Gasteiger partial charge in [-0.15, -0.1) is 5.10 Å². The number of hydrogen-bond acceptors (Lipinski definition) is 7. The van der Waals surface area contributed by atoms with E-state index in [9.17, 15) is 17.6 Å². The average Bonchev–Trinajstić information content (AvgIpc) is 3.16. The molecule has 2 N–H and O–H groups in total. The highest BCUT2D eigenvalue weighted by atomic mass is 32.2. The number of nitrogens with one attached hydrogen (secondary N) is 2. The number of amides is 1. The maximum atomic E-state index is 13.7. The Balaban J connectivity index is 1.59. The van der Waals surface area contributed by atoms with Crippen LogP contribution in [0.3, 0.4) is 0 Å². The van der Waals surface area contributed by atoms with E-state index in [0.717, 1.165) is 18.0 Å². The summed E-state index contributed by atoms with van der Waals surface area (Å²) in [5.74, 6) is 0.0526.